The Bertz CT molecular complexity index is 1500. The molecule has 0 spiro atoms. The summed E-state index contributed by atoms with van der Waals surface area (Å²) in [4.78, 5) is 27.9. The van der Waals surface area contributed by atoms with Crippen LogP contribution in [-0.4, -0.2) is 26.5 Å². The van der Waals surface area contributed by atoms with Gasteiger partial charge in [0.2, 0.25) is 0 Å². The van der Waals surface area contributed by atoms with E-state index in [1.54, 1.807) is 24.4 Å². The predicted octanol–water partition coefficient (Wildman–Crippen LogP) is 7.90. The molecule has 9 heteroatoms. The number of nitrogens with one attached hydrogen (secondary N) is 1. The van der Waals surface area contributed by atoms with E-state index in [1.807, 2.05) is 6.92 Å². The van der Waals surface area contributed by atoms with E-state index in [1.165, 1.54) is 42.8 Å². The lowest BCUT2D eigenvalue weighted by Crippen LogP contribution is -2.19. The number of aliphatic carboxylic acids is 1. The lowest BCUT2D eigenvalue weighted by molar-refractivity contribution is -0.131. The standard InChI is InChI=1S/C26H20Cl3FN2O3/c1-13-12-32(19-6-4-5-14(21(13)19)7-8-20(33)34)25(35)23-16(11-31-24(23)26(2,3)30)22-17(28)9-15(27)10-18(22)29/h4-12,31H,1-3H3,(H,33,34)/b8-7+. The number of hydrogen-bond donors (Lipinski definition) is 2. The maximum absolute atomic E-state index is 15.3. The van der Waals surface area contributed by atoms with Crippen LogP contribution < -0.4 is 0 Å². The molecule has 0 saturated carbocycles. The molecule has 0 fully saturated rings. The van der Waals surface area contributed by atoms with Gasteiger partial charge in [0.1, 0.15) is 5.67 Å². The number of H-pyrrole nitrogens is 1. The number of fused-ring (bicyclic) bond motifs is 1. The van der Waals surface area contributed by atoms with Gasteiger partial charge < -0.3 is 10.1 Å². The number of carbonyl (C=O) groups is 2. The Morgan fingerprint density at radius 2 is 1.80 bits per heavy atom. The number of carbonyl (C=O) groups excluding carboxylic acids is 1. The zero-order chi connectivity index (χ0) is 25.7. The van der Waals surface area contributed by atoms with E-state index in [-0.39, 0.29) is 21.3 Å². The van der Waals surface area contributed by atoms with Gasteiger partial charge in [-0.3, -0.25) is 9.36 Å². The molecule has 4 rings (SSSR count). The summed E-state index contributed by atoms with van der Waals surface area (Å²) in [6.45, 7) is 4.51. The molecule has 5 nitrogen and oxygen atoms in total. The summed E-state index contributed by atoms with van der Waals surface area (Å²) >= 11 is 19.0. The smallest absolute Gasteiger partial charge is 0.328 e. The van der Waals surface area contributed by atoms with Gasteiger partial charge in [-0.1, -0.05) is 46.9 Å². The average Bonchev–Trinajstić information content (AvgIpc) is 3.33. The molecular formula is C26H20Cl3FN2O3. The third-order valence-electron chi connectivity index (χ3n) is 5.64. The van der Waals surface area contributed by atoms with Crippen molar-refractivity contribution in [3.05, 3.63) is 86.3 Å². The molecule has 2 N–H and O–H groups in total. The molecule has 0 saturated heterocycles. The molecule has 180 valence electrons. The van der Waals surface area contributed by atoms with Gasteiger partial charge in [-0.05, 0) is 56.2 Å². The second-order valence-corrected chi connectivity index (χ2v) is 9.82. The van der Waals surface area contributed by atoms with Crippen molar-refractivity contribution in [3.8, 4) is 11.1 Å². The Balaban J connectivity index is 1.98. The highest BCUT2D eigenvalue weighted by Crippen LogP contribution is 2.42. The maximum atomic E-state index is 15.3. The molecule has 35 heavy (non-hydrogen) atoms. The van der Waals surface area contributed by atoms with Crippen LogP contribution in [0.3, 0.4) is 0 Å². The largest absolute Gasteiger partial charge is 0.478 e. The summed E-state index contributed by atoms with van der Waals surface area (Å²) < 4.78 is 16.7. The van der Waals surface area contributed by atoms with E-state index in [4.69, 9.17) is 39.9 Å². The molecule has 0 aliphatic carbocycles. The minimum Gasteiger partial charge on any atom is -0.478 e. The van der Waals surface area contributed by atoms with Crippen LogP contribution in [0.2, 0.25) is 15.1 Å². The quantitative estimate of drug-likeness (QED) is 0.256. The number of aromatic amines is 1. The van der Waals surface area contributed by atoms with Crippen molar-refractivity contribution in [1.29, 1.82) is 0 Å². The molecule has 0 aliphatic heterocycles. The third kappa shape index (κ3) is 4.61. The normalized spacial score (nSPS) is 12.1. The number of carboxylic acid groups (broad SMARTS) is 1. The lowest BCUT2D eigenvalue weighted by atomic mass is 9.96. The second-order valence-electron chi connectivity index (χ2n) is 8.57. The predicted molar refractivity (Wildman–Crippen MR) is 138 cm³/mol. The Morgan fingerprint density at radius 3 is 2.40 bits per heavy atom. The molecule has 0 radical (unpaired) electrons. The van der Waals surface area contributed by atoms with Crippen molar-refractivity contribution >= 4 is 63.7 Å². The van der Waals surface area contributed by atoms with Crippen molar-refractivity contribution in [1.82, 2.24) is 9.55 Å². The van der Waals surface area contributed by atoms with Gasteiger partial charge in [0.15, 0.2) is 0 Å². The second kappa shape index (κ2) is 9.19. The van der Waals surface area contributed by atoms with E-state index < -0.39 is 17.5 Å². The molecule has 0 bridgehead atoms. The first-order valence-electron chi connectivity index (χ1n) is 10.5. The van der Waals surface area contributed by atoms with Crippen LogP contribution in [0.25, 0.3) is 28.1 Å². The van der Waals surface area contributed by atoms with Crippen molar-refractivity contribution in [2.75, 3.05) is 0 Å². The highest BCUT2D eigenvalue weighted by atomic mass is 35.5. The minimum atomic E-state index is -1.89. The van der Waals surface area contributed by atoms with Gasteiger partial charge in [-0.25, -0.2) is 9.18 Å². The summed E-state index contributed by atoms with van der Waals surface area (Å²) in [5.41, 5.74) is 0.881. The van der Waals surface area contributed by atoms with Crippen LogP contribution in [0.1, 0.15) is 41.0 Å². The fourth-order valence-electron chi connectivity index (χ4n) is 4.22. The van der Waals surface area contributed by atoms with Gasteiger partial charge in [-0.15, -0.1) is 0 Å². The Kier molecular flexibility index (Phi) is 6.58. The zero-order valence-electron chi connectivity index (χ0n) is 18.9. The number of halogens is 4. The van der Waals surface area contributed by atoms with Gasteiger partial charge in [-0.2, -0.15) is 0 Å². The molecule has 0 atom stereocenters. The van der Waals surface area contributed by atoms with E-state index in [0.717, 1.165) is 11.6 Å². The number of nitrogens with zero attached hydrogens (tertiary/aromatic N) is 1. The minimum absolute atomic E-state index is 0.0704. The Hall–Kier alpha value is -3.06. The first kappa shape index (κ1) is 25.0. The Morgan fingerprint density at radius 1 is 1.14 bits per heavy atom. The third-order valence-corrected chi connectivity index (χ3v) is 6.45. The number of aromatic nitrogens is 2. The van der Waals surface area contributed by atoms with Gasteiger partial charge >= 0.3 is 5.97 Å². The number of rotatable bonds is 5. The van der Waals surface area contributed by atoms with E-state index in [0.29, 0.717) is 32.6 Å². The summed E-state index contributed by atoms with van der Waals surface area (Å²) in [5.74, 6) is -1.58. The molecule has 2 heterocycles. The Labute approximate surface area is 215 Å². The highest BCUT2D eigenvalue weighted by Gasteiger charge is 2.33. The van der Waals surface area contributed by atoms with E-state index >= 15 is 4.39 Å². The number of carboxylic acids is 1. The monoisotopic (exact) mass is 532 g/mol. The summed E-state index contributed by atoms with van der Waals surface area (Å²) in [6.07, 6.45) is 5.65. The highest BCUT2D eigenvalue weighted by molar-refractivity contribution is 6.42. The van der Waals surface area contributed by atoms with Crippen LogP contribution in [-0.2, 0) is 10.5 Å². The SMILES string of the molecule is Cc1cn(C(=O)c2c(-c3c(Cl)cc(Cl)cc3Cl)c[nH]c2C(C)(C)F)c2cccc(/C=C/C(=O)O)c12. The fraction of sp³-hybridized carbons (Fsp3) is 0.154. The lowest BCUT2D eigenvalue weighted by Gasteiger charge is -2.17. The van der Waals surface area contributed by atoms with Gasteiger partial charge in [0.25, 0.3) is 5.91 Å². The topological polar surface area (TPSA) is 75.1 Å². The molecular weight excluding hydrogens is 514 g/mol. The van der Waals surface area contributed by atoms with Crippen LogP contribution in [0, 0.1) is 6.92 Å². The zero-order valence-corrected chi connectivity index (χ0v) is 21.2. The molecule has 2 aromatic heterocycles. The van der Waals surface area contributed by atoms with Crippen LogP contribution >= 0.6 is 34.8 Å². The number of aryl methyl sites for hydroxylation is 1. The summed E-state index contributed by atoms with van der Waals surface area (Å²) in [6, 6.07) is 8.23. The fourth-order valence-corrected chi connectivity index (χ4v) is 5.24. The van der Waals surface area contributed by atoms with Gasteiger partial charge in [0, 0.05) is 40.0 Å². The maximum Gasteiger partial charge on any atom is 0.328 e. The first-order chi connectivity index (χ1) is 16.4. The van der Waals surface area contributed by atoms with E-state index in [9.17, 15) is 9.59 Å². The van der Waals surface area contributed by atoms with Gasteiger partial charge in [0.05, 0.1) is 26.8 Å². The molecule has 0 aliphatic rings. The van der Waals surface area contributed by atoms with Crippen LogP contribution in [0.5, 0.6) is 0 Å². The van der Waals surface area contributed by atoms with E-state index in [2.05, 4.69) is 4.98 Å². The molecule has 2 aromatic carbocycles. The number of hydrogen-bond acceptors (Lipinski definition) is 2. The first-order valence-corrected chi connectivity index (χ1v) is 11.7. The van der Waals surface area contributed by atoms with Crippen LogP contribution in [0.4, 0.5) is 4.39 Å². The van der Waals surface area contributed by atoms with Crippen molar-refractivity contribution < 1.29 is 19.1 Å². The van der Waals surface area contributed by atoms with Crippen LogP contribution in [0.15, 0.2) is 48.8 Å². The van der Waals surface area contributed by atoms with Crippen molar-refractivity contribution in [3.63, 3.8) is 0 Å². The molecule has 4 aromatic rings. The summed E-state index contributed by atoms with van der Waals surface area (Å²) in [5, 5.41) is 10.5. The van der Waals surface area contributed by atoms with Crippen molar-refractivity contribution in [2.24, 2.45) is 0 Å². The molecule has 0 unspecified atom stereocenters. The summed E-state index contributed by atoms with van der Waals surface area (Å²) in [7, 11) is 0. The number of alkyl halides is 1. The van der Waals surface area contributed by atoms with Crippen molar-refractivity contribution in [2.45, 2.75) is 26.4 Å². The molecule has 0 amide bonds. The number of benzene rings is 2. The average molecular weight is 534 g/mol.